The number of carbonyl (C=O) groups is 2. The lowest BCUT2D eigenvalue weighted by Crippen LogP contribution is -2.55. The van der Waals surface area contributed by atoms with Crippen LogP contribution in [-0.4, -0.2) is 81.8 Å². The second-order valence-electron chi connectivity index (χ2n) is 12.9. The molecular weight excluding hydrogens is 526 g/mol. The SMILES string of the molecule is O=C(c1n[nH]c2c1CN(C(=O)C1CC3(C4CCCCCCCC4)C(CCC(F)C3F)N1)CC2)N1CCC(F)(F)C1. The van der Waals surface area contributed by atoms with Gasteiger partial charge in [-0.05, 0) is 38.0 Å². The molecule has 0 radical (unpaired) electrons. The lowest BCUT2D eigenvalue weighted by Gasteiger charge is -2.48. The van der Waals surface area contributed by atoms with E-state index in [1.165, 1.54) is 12.8 Å². The van der Waals surface area contributed by atoms with Gasteiger partial charge in [0.25, 0.3) is 11.8 Å². The van der Waals surface area contributed by atoms with E-state index in [4.69, 9.17) is 0 Å². The number of rotatable bonds is 3. The van der Waals surface area contributed by atoms with E-state index in [9.17, 15) is 22.8 Å². The van der Waals surface area contributed by atoms with Crippen LogP contribution in [0.2, 0.25) is 0 Å². The molecule has 2 aliphatic carbocycles. The van der Waals surface area contributed by atoms with E-state index >= 15 is 4.39 Å². The van der Waals surface area contributed by atoms with Gasteiger partial charge in [-0.1, -0.05) is 38.5 Å². The molecule has 0 bridgehead atoms. The molecule has 2 amide bonds. The summed E-state index contributed by atoms with van der Waals surface area (Å²) in [5.41, 5.74) is 0.497. The van der Waals surface area contributed by atoms with Gasteiger partial charge >= 0.3 is 0 Å². The van der Waals surface area contributed by atoms with Crippen LogP contribution in [0.4, 0.5) is 17.6 Å². The minimum Gasteiger partial charge on any atom is -0.336 e. The fourth-order valence-electron chi connectivity index (χ4n) is 8.36. The highest BCUT2D eigenvalue weighted by Crippen LogP contribution is 2.55. The molecule has 5 aliphatic rings. The van der Waals surface area contributed by atoms with Crippen molar-refractivity contribution in [3.8, 4) is 0 Å². The predicted octanol–water partition coefficient (Wildman–Crippen LogP) is 4.71. The minimum absolute atomic E-state index is 0.0350. The van der Waals surface area contributed by atoms with Crippen molar-refractivity contribution in [3.05, 3.63) is 17.0 Å². The summed E-state index contributed by atoms with van der Waals surface area (Å²) in [7, 11) is 0. The summed E-state index contributed by atoms with van der Waals surface area (Å²) in [5.74, 6) is -3.59. The molecule has 3 aliphatic heterocycles. The number of alkyl halides is 4. The molecule has 2 saturated heterocycles. The Morgan fingerprint density at radius 1 is 0.925 bits per heavy atom. The van der Waals surface area contributed by atoms with E-state index in [2.05, 4.69) is 15.5 Å². The van der Waals surface area contributed by atoms with Gasteiger partial charge in [-0.3, -0.25) is 14.7 Å². The molecule has 2 N–H and O–H groups in total. The van der Waals surface area contributed by atoms with Gasteiger partial charge in [0.15, 0.2) is 5.69 Å². The maximum absolute atomic E-state index is 16.0. The molecule has 40 heavy (non-hydrogen) atoms. The number of fused-ring (bicyclic) bond motifs is 2. The van der Waals surface area contributed by atoms with Gasteiger partial charge in [0.05, 0.1) is 12.6 Å². The van der Waals surface area contributed by atoms with Gasteiger partial charge in [-0.15, -0.1) is 0 Å². The van der Waals surface area contributed by atoms with Crippen LogP contribution in [0, 0.1) is 11.3 Å². The van der Waals surface area contributed by atoms with Crippen molar-refractivity contribution in [2.45, 2.75) is 120 Å². The summed E-state index contributed by atoms with van der Waals surface area (Å²) in [6.07, 6.45) is 6.31. The molecule has 4 fully saturated rings. The number of amides is 2. The predicted molar refractivity (Wildman–Crippen MR) is 140 cm³/mol. The lowest BCUT2D eigenvalue weighted by molar-refractivity contribution is -0.134. The second-order valence-corrected chi connectivity index (χ2v) is 12.9. The number of nitrogens with one attached hydrogen (secondary N) is 2. The van der Waals surface area contributed by atoms with Gasteiger partial charge in [0.1, 0.15) is 12.3 Å². The Hall–Kier alpha value is -2.17. The Labute approximate surface area is 232 Å². The Balaban J connectivity index is 1.20. The zero-order chi connectivity index (χ0) is 28.1. The average molecular weight is 568 g/mol. The van der Waals surface area contributed by atoms with Gasteiger partial charge in [0.2, 0.25) is 5.91 Å². The third kappa shape index (κ3) is 4.94. The molecule has 0 spiro atoms. The molecule has 5 unspecified atom stereocenters. The van der Waals surface area contributed by atoms with Crippen LogP contribution in [0.1, 0.15) is 98.8 Å². The monoisotopic (exact) mass is 567 g/mol. The zero-order valence-electron chi connectivity index (χ0n) is 23.1. The van der Waals surface area contributed by atoms with Crippen molar-refractivity contribution < 1.29 is 27.2 Å². The molecule has 7 nitrogen and oxygen atoms in total. The van der Waals surface area contributed by atoms with Crippen LogP contribution < -0.4 is 5.32 Å². The Morgan fingerprint density at radius 3 is 2.35 bits per heavy atom. The van der Waals surface area contributed by atoms with E-state index in [0.29, 0.717) is 24.9 Å². The number of likely N-dealkylation sites (tertiary alicyclic amines) is 1. The highest BCUT2D eigenvalue weighted by Gasteiger charge is 2.62. The maximum Gasteiger partial charge on any atom is 0.274 e. The number of carbonyl (C=O) groups excluding carboxylic acids is 2. The van der Waals surface area contributed by atoms with E-state index in [0.717, 1.165) is 49.1 Å². The number of H-pyrrole nitrogens is 1. The Bertz CT molecular complexity index is 1100. The first-order valence-corrected chi connectivity index (χ1v) is 15.3. The van der Waals surface area contributed by atoms with Crippen LogP contribution in [0.5, 0.6) is 0 Å². The van der Waals surface area contributed by atoms with Crippen molar-refractivity contribution in [3.63, 3.8) is 0 Å². The first kappa shape index (κ1) is 28.0. The number of halogens is 4. The molecule has 0 aromatic carbocycles. The standard InChI is InChI=1S/C29H41F4N5O2/c30-20-9-10-23-29(25(20)31,18-7-5-3-1-2-4-6-8-18)15-22(34-23)26(39)37-13-11-21-19(16-37)24(36-35-21)27(40)38-14-12-28(32,33)17-38/h18,20,22-23,25,34H,1-17H2,(H,35,36). The third-order valence-corrected chi connectivity index (χ3v) is 10.5. The number of aromatic amines is 1. The van der Waals surface area contributed by atoms with Crippen LogP contribution in [0.15, 0.2) is 0 Å². The number of hydrogen-bond donors (Lipinski definition) is 2. The number of aromatic nitrogens is 2. The fourth-order valence-corrected chi connectivity index (χ4v) is 8.36. The van der Waals surface area contributed by atoms with E-state index in [1.807, 2.05) is 0 Å². The average Bonchev–Trinajstić information content (AvgIpc) is 3.66. The number of hydrogen-bond acceptors (Lipinski definition) is 4. The van der Waals surface area contributed by atoms with Gasteiger partial charge < -0.3 is 15.1 Å². The van der Waals surface area contributed by atoms with Crippen LogP contribution in [0.3, 0.4) is 0 Å². The topological polar surface area (TPSA) is 81.3 Å². The van der Waals surface area contributed by atoms with E-state index in [1.54, 1.807) is 4.90 Å². The Morgan fingerprint density at radius 2 is 1.65 bits per heavy atom. The lowest BCUT2D eigenvalue weighted by atomic mass is 9.58. The summed E-state index contributed by atoms with van der Waals surface area (Å²) >= 11 is 0. The summed E-state index contributed by atoms with van der Waals surface area (Å²) in [6.45, 7) is -0.118. The summed E-state index contributed by atoms with van der Waals surface area (Å²) in [6, 6.07) is -0.858. The molecular formula is C29H41F4N5O2. The first-order chi connectivity index (χ1) is 19.2. The molecule has 1 aromatic rings. The van der Waals surface area contributed by atoms with E-state index < -0.39 is 42.2 Å². The summed E-state index contributed by atoms with van der Waals surface area (Å²) in [5, 5.41) is 10.5. The quantitative estimate of drug-likeness (QED) is 0.519. The number of nitrogens with zero attached hydrogens (tertiary/aromatic N) is 3. The van der Waals surface area contributed by atoms with Crippen molar-refractivity contribution in [2.24, 2.45) is 11.3 Å². The van der Waals surface area contributed by atoms with Crippen LogP contribution in [-0.2, 0) is 17.8 Å². The third-order valence-electron chi connectivity index (χ3n) is 10.5. The van der Waals surface area contributed by atoms with Crippen LogP contribution in [0.25, 0.3) is 0 Å². The molecule has 5 atom stereocenters. The van der Waals surface area contributed by atoms with E-state index in [-0.39, 0.29) is 55.9 Å². The molecule has 1 aromatic heterocycles. The summed E-state index contributed by atoms with van der Waals surface area (Å²) < 4.78 is 58.5. The first-order valence-electron chi connectivity index (χ1n) is 15.3. The van der Waals surface area contributed by atoms with Crippen LogP contribution >= 0.6 is 0 Å². The molecule has 6 rings (SSSR count). The maximum atomic E-state index is 16.0. The molecule has 4 heterocycles. The van der Waals surface area contributed by atoms with Crippen molar-refractivity contribution >= 4 is 11.8 Å². The van der Waals surface area contributed by atoms with Gasteiger partial charge in [-0.25, -0.2) is 17.6 Å². The normalized spacial score (nSPS) is 35.0. The smallest absolute Gasteiger partial charge is 0.274 e. The molecule has 2 saturated carbocycles. The Kier molecular flexibility index (Phi) is 7.63. The van der Waals surface area contributed by atoms with Gasteiger partial charge in [0, 0.05) is 55.2 Å². The highest BCUT2D eigenvalue weighted by molar-refractivity contribution is 5.94. The molecule has 222 valence electrons. The van der Waals surface area contributed by atoms with Crippen molar-refractivity contribution in [1.29, 1.82) is 0 Å². The zero-order valence-corrected chi connectivity index (χ0v) is 23.1. The highest BCUT2D eigenvalue weighted by atomic mass is 19.3. The largest absolute Gasteiger partial charge is 0.336 e. The second kappa shape index (κ2) is 10.9. The van der Waals surface area contributed by atoms with Gasteiger partial charge in [-0.2, -0.15) is 5.10 Å². The van der Waals surface area contributed by atoms with Crippen molar-refractivity contribution in [1.82, 2.24) is 25.3 Å². The fraction of sp³-hybridized carbons (Fsp3) is 0.828. The minimum atomic E-state index is -2.91. The molecule has 11 heteroatoms. The van der Waals surface area contributed by atoms with Crippen molar-refractivity contribution in [2.75, 3.05) is 19.6 Å². The summed E-state index contributed by atoms with van der Waals surface area (Å²) in [4.78, 5) is 29.7.